The lowest BCUT2D eigenvalue weighted by molar-refractivity contribution is -0.117. The van der Waals surface area contributed by atoms with Gasteiger partial charge in [0.25, 0.3) is 5.91 Å². The first-order chi connectivity index (χ1) is 13.0. The lowest BCUT2D eigenvalue weighted by Crippen LogP contribution is -2.28. The van der Waals surface area contributed by atoms with E-state index in [1.165, 1.54) is 16.9 Å². The standard InChI is InChI=1S/C21H27N3O2S/c1-15-13-18(23-20(25)17-9-10-17)27-19(15)21(26)22-11-6-12-24(2)14-16-7-4-3-5-8-16/h3-5,7-8,13,17H,6,9-12,14H2,1-2H3,(H,22,26)(H,23,25). The van der Waals surface area contributed by atoms with E-state index in [2.05, 4.69) is 34.7 Å². The van der Waals surface area contributed by atoms with E-state index < -0.39 is 0 Å². The zero-order valence-electron chi connectivity index (χ0n) is 16.0. The molecular formula is C21H27N3O2S. The number of nitrogens with zero attached hydrogens (tertiary/aromatic N) is 1. The monoisotopic (exact) mass is 385 g/mol. The number of aryl methyl sites for hydroxylation is 1. The second-order valence-corrected chi connectivity index (χ2v) is 8.27. The topological polar surface area (TPSA) is 61.4 Å². The molecule has 1 fully saturated rings. The average molecular weight is 386 g/mol. The van der Waals surface area contributed by atoms with E-state index in [-0.39, 0.29) is 17.7 Å². The Morgan fingerprint density at radius 2 is 1.96 bits per heavy atom. The summed E-state index contributed by atoms with van der Waals surface area (Å²) in [6.45, 7) is 4.37. The Morgan fingerprint density at radius 3 is 2.67 bits per heavy atom. The van der Waals surface area contributed by atoms with Gasteiger partial charge in [0.15, 0.2) is 0 Å². The van der Waals surface area contributed by atoms with Gasteiger partial charge in [-0.3, -0.25) is 9.59 Å². The Labute approximate surface area is 164 Å². The molecule has 27 heavy (non-hydrogen) atoms. The maximum absolute atomic E-state index is 12.4. The fraction of sp³-hybridized carbons (Fsp3) is 0.429. The van der Waals surface area contributed by atoms with Gasteiger partial charge in [0.05, 0.1) is 9.88 Å². The highest BCUT2D eigenvalue weighted by Gasteiger charge is 2.30. The summed E-state index contributed by atoms with van der Waals surface area (Å²) in [5.74, 6) is 0.178. The Hall–Kier alpha value is -2.18. The smallest absolute Gasteiger partial charge is 0.261 e. The SMILES string of the molecule is Cc1cc(NC(=O)C2CC2)sc1C(=O)NCCCN(C)Cc1ccccc1. The molecule has 2 N–H and O–H groups in total. The Kier molecular flexibility index (Phi) is 6.63. The molecule has 0 bridgehead atoms. The third-order valence-electron chi connectivity index (χ3n) is 4.62. The van der Waals surface area contributed by atoms with Crippen molar-refractivity contribution in [3.05, 3.63) is 52.4 Å². The molecule has 3 rings (SSSR count). The number of hydrogen-bond acceptors (Lipinski definition) is 4. The van der Waals surface area contributed by atoms with Crippen LogP contribution in [0.5, 0.6) is 0 Å². The molecule has 0 aliphatic heterocycles. The van der Waals surface area contributed by atoms with Crippen molar-refractivity contribution < 1.29 is 9.59 Å². The quantitative estimate of drug-likeness (QED) is 0.648. The molecule has 0 saturated heterocycles. The first-order valence-corrected chi connectivity index (χ1v) is 10.3. The number of amides is 2. The number of anilines is 1. The Balaban J connectivity index is 1.40. The van der Waals surface area contributed by atoms with Crippen molar-refractivity contribution in [2.24, 2.45) is 5.92 Å². The molecule has 1 saturated carbocycles. The van der Waals surface area contributed by atoms with E-state index in [1.54, 1.807) is 0 Å². The predicted octanol–water partition coefficient (Wildman–Crippen LogP) is 3.66. The second kappa shape index (κ2) is 9.15. The van der Waals surface area contributed by atoms with E-state index in [1.807, 2.05) is 31.2 Å². The molecule has 5 nitrogen and oxygen atoms in total. The molecule has 0 spiro atoms. The maximum Gasteiger partial charge on any atom is 0.261 e. The fourth-order valence-corrected chi connectivity index (χ4v) is 3.94. The molecule has 0 radical (unpaired) electrons. The van der Waals surface area contributed by atoms with E-state index in [0.29, 0.717) is 11.4 Å². The molecule has 2 aromatic rings. The van der Waals surface area contributed by atoms with Crippen LogP contribution in [0.2, 0.25) is 0 Å². The first kappa shape index (κ1) is 19.6. The molecule has 0 unspecified atom stereocenters. The highest BCUT2D eigenvalue weighted by molar-refractivity contribution is 7.18. The Morgan fingerprint density at radius 1 is 1.22 bits per heavy atom. The van der Waals surface area contributed by atoms with Crippen molar-refractivity contribution >= 4 is 28.2 Å². The summed E-state index contributed by atoms with van der Waals surface area (Å²) < 4.78 is 0. The van der Waals surface area contributed by atoms with Crippen LogP contribution in [-0.4, -0.2) is 36.9 Å². The van der Waals surface area contributed by atoms with Gasteiger partial charge in [0.1, 0.15) is 0 Å². The molecule has 1 heterocycles. The minimum atomic E-state index is -0.0601. The van der Waals surface area contributed by atoms with E-state index in [0.717, 1.165) is 42.9 Å². The van der Waals surface area contributed by atoms with Gasteiger partial charge in [-0.15, -0.1) is 11.3 Å². The number of carbonyl (C=O) groups is 2. The van der Waals surface area contributed by atoms with Crippen molar-refractivity contribution in [2.45, 2.75) is 32.7 Å². The summed E-state index contributed by atoms with van der Waals surface area (Å²) in [6.07, 6.45) is 2.84. The van der Waals surface area contributed by atoms with Crippen LogP contribution in [0.25, 0.3) is 0 Å². The predicted molar refractivity (Wildman–Crippen MR) is 110 cm³/mol. The van der Waals surface area contributed by atoms with E-state index in [9.17, 15) is 9.59 Å². The zero-order valence-corrected chi connectivity index (χ0v) is 16.8. The summed E-state index contributed by atoms with van der Waals surface area (Å²) >= 11 is 1.35. The molecule has 1 aliphatic carbocycles. The van der Waals surface area contributed by atoms with Gasteiger partial charge in [-0.25, -0.2) is 0 Å². The Bertz CT molecular complexity index is 784. The fourth-order valence-electron chi connectivity index (χ4n) is 2.94. The van der Waals surface area contributed by atoms with Crippen molar-refractivity contribution in [3.8, 4) is 0 Å². The van der Waals surface area contributed by atoms with Crippen LogP contribution >= 0.6 is 11.3 Å². The van der Waals surface area contributed by atoms with Crippen LogP contribution in [0.1, 0.15) is 40.1 Å². The zero-order chi connectivity index (χ0) is 19.2. The molecule has 1 aromatic heterocycles. The average Bonchev–Trinajstić information content (AvgIpc) is 3.43. The minimum Gasteiger partial charge on any atom is -0.351 e. The molecule has 1 aromatic carbocycles. The number of benzene rings is 1. The van der Waals surface area contributed by atoms with Crippen molar-refractivity contribution in [2.75, 3.05) is 25.5 Å². The number of nitrogens with one attached hydrogen (secondary N) is 2. The maximum atomic E-state index is 12.4. The van der Waals surface area contributed by atoms with Gasteiger partial charge in [-0.05, 0) is 57.0 Å². The summed E-state index contributed by atoms with van der Waals surface area (Å²) in [5.41, 5.74) is 2.20. The van der Waals surface area contributed by atoms with E-state index in [4.69, 9.17) is 0 Å². The third kappa shape index (κ3) is 5.91. The van der Waals surface area contributed by atoms with E-state index >= 15 is 0 Å². The van der Waals surface area contributed by atoms with Crippen molar-refractivity contribution in [1.29, 1.82) is 0 Å². The van der Waals surface area contributed by atoms with Crippen LogP contribution in [0.3, 0.4) is 0 Å². The number of carbonyl (C=O) groups excluding carboxylic acids is 2. The van der Waals surface area contributed by atoms with Gasteiger partial charge < -0.3 is 15.5 Å². The molecule has 6 heteroatoms. The number of rotatable bonds is 9. The van der Waals surface area contributed by atoms with Crippen LogP contribution in [0, 0.1) is 12.8 Å². The molecule has 0 atom stereocenters. The molecule has 1 aliphatic rings. The van der Waals surface area contributed by atoms with Gasteiger partial charge >= 0.3 is 0 Å². The highest BCUT2D eigenvalue weighted by Crippen LogP contribution is 2.32. The van der Waals surface area contributed by atoms with Crippen molar-refractivity contribution in [3.63, 3.8) is 0 Å². The minimum absolute atomic E-state index is 0.0601. The normalized spacial score (nSPS) is 13.6. The van der Waals surface area contributed by atoms with Crippen LogP contribution in [0.15, 0.2) is 36.4 Å². The summed E-state index contributed by atoms with van der Waals surface area (Å²) in [7, 11) is 2.09. The van der Waals surface area contributed by atoms with Crippen LogP contribution in [-0.2, 0) is 11.3 Å². The van der Waals surface area contributed by atoms with Gasteiger partial charge in [0.2, 0.25) is 5.91 Å². The number of hydrogen-bond donors (Lipinski definition) is 2. The summed E-state index contributed by atoms with van der Waals surface area (Å²) in [6, 6.07) is 12.2. The lowest BCUT2D eigenvalue weighted by atomic mass is 10.2. The highest BCUT2D eigenvalue weighted by atomic mass is 32.1. The van der Waals surface area contributed by atoms with Crippen molar-refractivity contribution in [1.82, 2.24) is 10.2 Å². The summed E-state index contributed by atoms with van der Waals surface area (Å²) in [5, 5.41) is 6.67. The second-order valence-electron chi connectivity index (χ2n) is 7.22. The third-order valence-corrected chi connectivity index (χ3v) is 5.77. The lowest BCUT2D eigenvalue weighted by Gasteiger charge is -2.16. The van der Waals surface area contributed by atoms with Gasteiger partial charge in [-0.2, -0.15) is 0 Å². The van der Waals surface area contributed by atoms with Gasteiger partial charge in [-0.1, -0.05) is 30.3 Å². The molecule has 2 amide bonds. The summed E-state index contributed by atoms with van der Waals surface area (Å²) in [4.78, 5) is 27.2. The largest absolute Gasteiger partial charge is 0.351 e. The van der Waals surface area contributed by atoms with Crippen LogP contribution in [0.4, 0.5) is 5.00 Å². The molecular weight excluding hydrogens is 358 g/mol. The first-order valence-electron chi connectivity index (χ1n) is 9.45. The number of thiophene rings is 1. The van der Waals surface area contributed by atoms with Gasteiger partial charge in [0, 0.05) is 19.0 Å². The molecule has 144 valence electrons. The van der Waals surface area contributed by atoms with Crippen LogP contribution < -0.4 is 10.6 Å².